The zero-order valence-electron chi connectivity index (χ0n) is 10.6. The highest BCUT2D eigenvalue weighted by molar-refractivity contribution is 7.80. The van der Waals surface area contributed by atoms with E-state index in [2.05, 4.69) is 19.2 Å². The van der Waals surface area contributed by atoms with Crippen LogP contribution in [0.4, 0.5) is 0 Å². The molecule has 94 valence electrons. The number of nitrogens with one attached hydrogen (secondary N) is 1. The summed E-state index contributed by atoms with van der Waals surface area (Å²) < 4.78 is 0. The maximum absolute atomic E-state index is 11.6. The van der Waals surface area contributed by atoms with Crippen molar-refractivity contribution >= 4 is 23.1 Å². The van der Waals surface area contributed by atoms with Crippen molar-refractivity contribution in [2.75, 3.05) is 20.1 Å². The van der Waals surface area contributed by atoms with Crippen LogP contribution in [0.3, 0.4) is 0 Å². The molecule has 0 radical (unpaired) electrons. The van der Waals surface area contributed by atoms with Crippen molar-refractivity contribution in [3.05, 3.63) is 0 Å². The van der Waals surface area contributed by atoms with E-state index >= 15 is 0 Å². The predicted octanol–water partition coefficient (Wildman–Crippen LogP) is 0.755. The fourth-order valence-corrected chi connectivity index (χ4v) is 1.79. The molecule has 0 aromatic heterocycles. The minimum absolute atomic E-state index is 0.000185. The standard InChI is InChI=1S/C11H23N3OS/c1-5-9(11(12)16)14(4)7-10(15)13-6-8(2)3/h8-9H,5-7H2,1-4H3,(H2,12,16)(H,13,15). The van der Waals surface area contributed by atoms with Gasteiger partial charge in [-0.05, 0) is 19.4 Å². The van der Waals surface area contributed by atoms with E-state index in [0.29, 0.717) is 24.0 Å². The van der Waals surface area contributed by atoms with Crippen molar-refractivity contribution in [1.29, 1.82) is 0 Å². The van der Waals surface area contributed by atoms with Gasteiger partial charge < -0.3 is 11.1 Å². The number of nitrogens with zero attached hydrogens (tertiary/aromatic N) is 1. The van der Waals surface area contributed by atoms with Crippen molar-refractivity contribution in [3.8, 4) is 0 Å². The maximum Gasteiger partial charge on any atom is 0.234 e. The Balaban J connectivity index is 4.06. The minimum atomic E-state index is -0.000185. The molecule has 0 spiro atoms. The summed E-state index contributed by atoms with van der Waals surface area (Å²) in [4.78, 5) is 13.9. The Kier molecular flexibility index (Phi) is 7.25. The number of thiocarbonyl (C=S) groups is 1. The average molecular weight is 245 g/mol. The number of likely N-dealkylation sites (N-methyl/N-ethyl adjacent to an activating group) is 1. The molecule has 0 aromatic rings. The molecule has 0 heterocycles. The van der Waals surface area contributed by atoms with Gasteiger partial charge in [-0.15, -0.1) is 0 Å². The van der Waals surface area contributed by atoms with Crippen LogP contribution in [0.5, 0.6) is 0 Å². The van der Waals surface area contributed by atoms with Gasteiger partial charge in [0.05, 0.1) is 17.6 Å². The summed E-state index contributed by atoms with van der Waals surface area (Å²) in [5, 5.41) is 2.87. The number of carbonyl (C=O) groups excluding carboxylic acids is 1. The van der Waals surface area contributed by atoms with Crippen molar-refractivity contribution < 1.29 is 4.79 Å². The van der Waals surface area contributed by atoms with Crippen LogP contribution >= 0.6 is 12.2 Å². The molecule has 0 aliphatic heterocycles. The molecule has 0 saturated carbocycles. The molecule has 0 saturated heterocycles. The average Bonchev–Trinajstić information content (AvgIpc) is 2.15. The lowest BCUT2D eigenvalue weighted by Crippen LogP contribution is -2.46. The van der Waals surface area contributed by atoms with Crippen molar-refractivity contribution in [2.45, 2.75) is 33.2 Å². The van der Waals surface area contributed by atoms with Gasteiger partial charge in [0.25, 0.3) is 0 Å². The Labute approximate surface area is 104 Å². The summed E-state index contributed by atoms with van der Waals surface area (Å²) in [6, 6.07) is -0.000185. The number of nitrogens with two attached hydrogens (primary N) is 1. The first-order valence-electron chi connectivity index (χ1n) is 5.64. The van der Waals surface area contributed by atoms with Gasteiger partial charge in [-0.25, -0.2) is 0 Å². The highest BCUT2D eigenvalue weighted by Crippen LogP contribution is 2.01. The van der Waals surface area contributed by atoms with E-state index in [-0.39, 0.29) is 11.9 Å². The molecule has 0 rings (SSSR count). The molecular weight excluding hydrogens is 222 g/mol. The largest absolute Gasteiger partial charge is 0.392 e. The van der Waals surface area contributed by atoms with Gasteiger partial charge in [0.2, 0.25) is 5.91 Å². The number of rotatable bonds is 7. The lowest BCUT2D eigenvalue weighted by atomic mass is 10.2. The molecular formula is C11H23N3OS. The normalized spacial score (nSPS) is 12.9. The summed E-state index contributed by atoms with van der Waals surface area (Å²) in [5.74, 6) is 0.484. The van der Waals surface area contributed by atoms with E-state index < -0.39 is 0 Å². The lowest BCUT2D eigenvalue weighted by molar-refractivity contribution is -0.122. The van der Waals surface area contributed by atoms with E-state index in [9.17, 15) is 4.79 Å². The fourth-order valence-electron chi connectivity index (χ4n) is 1.44. The zero-order valence-corrected chi connectivity index (χ0v) is 11.4. The molecule has 0 bridgehead atoms. The molecule has 16 heavy (non-hydrogen) atoms. The van der Waals surface area contributed by atoms with Crippen molar-refractivity contribution in [2.24, 2.45) is 11.7 Å². The van der Waals surface area contributed by atoms with Crippen LogP contribution in [-0.2, 0) is 4.79 Å². The van der Waals surface area contributed by atoms with Crippen LogP contribution in [0, 0.1) is 5.92 Å². The highest BCUT2D eigenvalue weighted by Gasteiger charge is 2.17. The Morgan fingerprint density at radius 1 is 1.50 bits per heavy atom. The third-order valence-corrected chi connectivity index (χ3v) is 2.62. The van der Waals surface area contributed by atoms with Crippen LogP contribution in [0.25, 0.3) is 0 Å². The van der Waals surface area contributed by atoms with E-state index in [0.717, 1.165) is 6.42 Å². The second-order valence-electron chi connectivity index (χ2n) is 4.44. The molecule has 0 aliphatic rings. The number of hydrogen-bond acceptors (Lipinski definition) is 3. The Hall–Kier alpha value is -0.680. The van der Waals surface area contributed by atoms with Crippen LogP contribution in [0.2, 0.25) is 0 Å². The quantitative estimate of drug-likeness (QED) is 0.650. The molecule has 0 fully saturated rings. The van der Waals surface area contributed by atoms with Crippen molar-refractivity contribution in [1.82, 2.24) is 10.2 Å². The second kappa shape index (κ2) is 7.57. The number of carbonyl (C=O) groups is 1. The van der Waals surface area contributed by atoms with E-state index in [1.165, 1.54) is 0 Å². The van der Waals surface area contributed by atoms with Crippen LogP contribution in [-0.4, -0.2) is 42.0 Å². The zero-order chi connectivity index (χ0) is 12.7. The molecule has 0 aliphatic carbocycles. The third-order valence-electron chi connectivity index (χ3n) is 2.35. The van der Waals surface area contributed by atoms with Gasteiger partial charge in [-0.1, -0.05) is 33.0 Å². The molecule has 1 amide bonds. The topological polar surface area (TPSA) is 58.4 Å². The van der Waals surface area contributed by atoms with Gasteiger partial charge >= 0.3 is 0 Å². The number of hydrogen-bond donors (Lipinski definition) is 2. The maximum atomic E-state index is 11.6. The smallest absolute Gasteiger partial charge is 0.234 e. The molecule has 1 unspecified atom stereocenters. The molecule has 3 N–H and O–H groups in total. The van der Waals surface area contributed by atoms with E-state index in [4.69, 9.17) is 18.0 Å². The first kappa shape index (κ1) is 15.3. The van der Waals surface area contributed by atoms with E-state index in [1.54, 1.807) is 0 Å². The van der Waals surface area contributed by atoms with E-state index in [1.807, 2.05) is 18.9 Å². The summed E-state index contributed by atoms with van der Waals surface area (Å²) >= 11 is 4.96. The van der Waals surface area contributed by atoms with Gasteiger partial charge in [-0.2, -0.15) is 0 Å². The van der Waals surface area contributed by atoms with Crippen LogP contribution in [0.1, 0.15) is 27.2 Å². The third kappa shape index (κ3) is 6.02. The first-order valence-corrected chi connectivity index (χ1v) is 6.05. The van der Waals surface area contributed by atoms with Crippen molar-refractivity contribution in [3.63, 3.8) is 0 Å². The summed E-state index contributed by atoms with van der Waals surface area (Å²) in [5.41, 5.74) is 5.60. The first-order chi connectivity index (χ1) is 7.38. The molecule has 4 nitrogen and oxygen atoms in total. The minimum Gasteiger partial charge on any atom is -0.392 e. The summed E-state index contributed by atoms with van der Waals surface area (Å²) in [6.45, 7) is 7.17. The Morgan fingerprint density at radius 3 is 2.44 bits per heavy atom. The molecule has 1 atom stereocenters. The second-order valence-corrected chi connectivity index (χ2v) is 4.91. The molecule has 5 heteroatoms. The summed E-state index contributed by atoms with van der Waals surface area (Å²) in [7, 11) is 1.86. The van der Waals surface area contributed by atoms with Crippen LogP contribution < -0.4 is 11.1 Å². The van der Waals surface area contributed by atoms with Gasteiger partial charge in [0.1, 0.15) is 0 Å². The monoisotopic (exact) mass is 245 g/mol. The number of amides is 1. The molecule has 0 aromatic carbocycles. The van der Waals surface area contributed by atoms with Gasteiger partial charge in [0.15, 0.2) is 0 Å². The Morgan fingerprint density at radius 2 is 2.06 bits per heavy atom. The summed E-state index contributed by atoms with van der Waals surface area (Å²) in [6.07, 6.45) is 0.823. The van der Waals surface area contributed by atoms with Gasteiger partial charge in [0, 0.05) is 6.54 Å². The van der Waals surface area contributed by atoms with Crippen LogP contribution in [0.15, 0.2) is 0 Å². The SMILES string of the molecule is CCC(C(N)=S)N(C)CC(=O)NCC(C)C. The lowest BCUT2D eigenvalue weighted by Gasteiger charge is -2.25. The Bertz CT molecular complexity index is 243. The fraction of sp³-hybridized carbons (Fsp3) is 0.818. The van der Waals surface area contributed by atoms with Gasteiger partial charge in [-0.3, -0.25) is 9.69 Å². The predicted molar refractivity (Wildman–Crippen MR) is 71.3 cm³/mol. The highest BCUT2D eigenvalue weighted by atomic mass is 32.1.